The van der Waals surface area contributed by atoms with Crippen molar-refractivity contribution in [3.8, 4) is 0 Å². The van der Waals surface area contributed by atoms with Gasteiger partial charge in [-0.15, -0.1) is 0 Å². The Hall–Kier alpha value is -2.16. The van der Waals surface area contributed by atoms with Crippen molar-refractivity contribution < 1.29 is 14.7 Å². The summed E-state index contributed by atoms with van der Waals surface area (Å²) < 4.78 is 0. The van der Waals surface area contributed by atoms with Crippen LogP contribution in [0.25, 0.3) is 0 Å². The number of rotatable bonds is 12. The molecule has 0 saturated carbocycles. The van der Waals surface area contributed by atoms with E-state index >= 15 is 0 Å². The molecule has 1 saturated heterocycles. The number of amides is 1. The number of carbonyl (C=O) groups is 2. The molecule has 0 spiro atoms. The van der Waals surface area contributed by atoms with E-state index in [2.05, 4.69) is 59.8 Å². The lowest BCUT2D eigenvalue weighted by molar-refractivity contribution is -0.139. The normalized spacial score (nSPS) is 18.4. The summed E-state index contributed by atoms with van der Waals surface area (Å²) in [6.07, 6.45) is 4.80. The Morgan fingerprint density at radius 2 is 1.97 bits per heavy atom. The lowest BCUT2D eigenvalue weighted by Crippen LogP contribution is -2.41. The zero-order chi connectivity index (χ0) is 24.5. The molecule has 1 heterocycles. The number of carbonyl (C=O) groups excluding carboxylic acids is 1. The van der Waals surface area contributed by atoms with Gasteiger partial charge in [-0.05, 0) is 67.9 Å². The summed E-state index contributed by atoms with van der Waals surface area (Å²) in [6.45, 7) is 3.70. The monoisotopic (exact) mass is 501 g/mol. The minimum atomic E-state index is -1.01. The van der Waals surface area contributed by atoms with Crippen molar-refractivity contribution in [3.63, 3.8) is 0 Å². The summed E-state index contributed by atoms with van der Waals surface area (Å²) in [5.74, 6) is -0.684. The van der Waals surface area contributed by atoms with Gasteiger partial charge in [-0.1, -0.05) is 35.9 Å². The average Bonchev–Trinajstić information content (AvgIpc) is 3.25. The minimum Gasteiger partial charge on any atom is -0.480 e. The first kappa shape index (κ1) is 26.4. The summed E-state index contributed by atoms with van der Waals surface area (Å²) in [5, 5.41) is 19.5. The predicted molar refractivity (Wildman–Crippen MR) is 145 cm³/mol. The first-order valence-corrected chi connectivity index (χ1v) is 13.6. The number of thiol groups is 1. The molecule has 2 aromatic rings. The van der Waals surface area contributed by atoms with E-state index in [1.165, 1.54) is 11.1 Å². The van der Waals surface area contributed by atoms with Crippen molar-refractivity contribution in [1.29, 1.82) is 0 Å². The van der Waals surface area contributed by atoms with E-state index in [9.17, 15) is 14.7 Å². The standard InChI is InChI=1S/C26H35N3O3S2/c1-17-3-5-18(6-4-17)7-8-19-9-10-20(27-15-21-13-22(33)16-28-21)14-23(19)25(30)29-24(26(31)32)11-12-34-2/h3-6,9-10,14,21-22,24,27-28,33H,7-8,11-13,15-16H2,1-2H3,(H,29,30)(H,31,32)/t21-,22-,24-/m0/s1. The van der Waals surface area contributed by atoms with Crippen LogP contribution in [0.3, 0.4) is 0 Å². The zero-order valence-electron chi connectivity index (χ0n) is 19.8. The van der Waals surface area contributed by atoms with Gasteiger partial charge in [0.15, 0.2) is 0 Å². The Labute approximate surface area is 212 Å². The number of aryl methyl sites for hydroxylation is 3. The molecule has 6 nitrogen and oxygen atoms in total. The summed E-state index contributed by atoms with van der Waals surface area (Å²) in [6, 6.07) is 13.6. The van der Waals surface area contributed by atoms with Crippen LogP contribution in [0.5, 0.6) is 0 Å². The summed E-state index contributed by atoms with van der Waals surface area (Å²) in [5.41, 5.74) is 4.71. The molecule has 0 bridgehead atoms. The molecular weight excluding hydrogens is 466 g/mol. The number of thioether (sulfide) groups is 1. The van der Waals surface area contributed by atoms with Crippen LogP contribution in [-0.2, 0) is 17.6 Å². The van der Waals surface area contributed by atoms with Gasteiger partial charge in [-0.3, -0.25) is 4.79 Å². The molecule has 184 valence electrons. The highest BCUT2D eigenvalue weighted by molar-refractivity contribution is 7.98. The van der Waals surface area contributed by atoms with Gasteiger partial charge in [0.25, 0.3) is 5.91 Å². The van der Waals surface area contributed by atoms with Gasteiger partial charge >= 0.3 is 5.97 Å². The predicted octanol–water partition coefficient (Wildman–Crippen LogP) is 3.79. The van der Waals surface area contributed by atoms with Crippen molar-refractivity contribution in [2.24, 2.45) is 0 Å². The molecule has 0 unspecified atom stereocenters. The topological polar surface area (TPSA) is 90.5 Å². The van der Waals surface area contributed by atoms with E-state index in [4.69, 9.17) is 0 Å². The van der Waals surface area contributed by atoms with Gasteiger partial charge in [0.2, 0.25) is 0 Å². The quantitative estimate of drug-likeness (QED) is 0.284. The third-order valence-electron chi connectivity index (χ3n) is 6.12. The average molecular weight is 502 g/mol. The highest BCUT2D eigenvalue weighted by atomic mass is 32.2. The van der Waals surface area contributed by atoms with E-state index in [1.807, 2.05) is 24.5 Å². The van der Waals surface area contributed by atoms with Crippen molar-refractivity contribution in [3.05, 3.63) is 64.7 Å². The molecule has 1 aliphatic rings. The zero-order valence-corrected chi connectivity index (χ0v) is 21.6. The number of benzene rings is 2. The third-order valence-corrected chi connectivity index (χ3v) is 7.16. The Kier molecular flexibility index (Phi) is 10.2. The van der Waals surface area contributed by atoms with Crippen LogP contribution in [-0.4, -0.2) is 59.4 Å². The number of nitrogens with one attached hydrogen (secondary N) is 3. The van der Waals surface area contributed by atoms with E-state index in [-0.39, 0.29) is 5.91 Å². The van der Waals surface area contributed by atoms with Crippen LogP contribution in [0.2, 0.25) is 0 Å². The van der Waals surface area contributed by atoms with Gasteiger partial charge in [-0.2, -0.15) is 24.4 Å². The number of anilines is 1. The Morgan fingerprint density at radius 3 is 2.62 bits per heavy atom. The third kappa shape index (κ3) is 7.96. The second kappa shape index (κ2) is 13.1. The van der Waals surface area contributed by atoms with Gasteiger partial charge in [0, 0.05) is 35.6 Å². The molecule has 4 N–H and O–H groups in total. The van der Waals surface area contributed by atoms with Crippen LogP contribution in [0.1, 0.15) is 39.9 Å². The molecule has 0 radical (unpaired) electrons. The highest BCUT2D eigenvalue weighted by Crippen LogP contribution is 2.20. The van der Waals surface area contributed by atoms with Gasteiger partial charge < -0.3 is 21.1 Å². The molecule has 1 amide bonds. The van der Waals surface area contributed by atoms with E-state index in [0.717, 1.165) is 37.2 Å². The number of hydrogen-bond acceptors (Lipinski definition) is 6. The summed E-state index contributed by atoms with van der Waals surface area (Å²) in [7, 11) is 0. The van der Waals surface area contributed by atoms with E-state index in [0.29, 0.717) is 35.4 Å². The number of aliphatic carboxylic acids is 1. The largest absolute Gasteiger partial charge is 0.480 e. The first-order valence-electron chi connectivity index (χ1n) is 11.7. The molecule has 3 atom stereocenters. The highest BCUT2D eigenvalue weighted by Gasteiger charge is 2.23. The van der Waals surface area contributed by atoms with Crippen molar-refractivity contribution in [2.75, 3.05) is 30.4 Å². The number of carboxylic acids is 1. The van der Waals surface area contributed by atoms with Crippen LogP contribution >= 0.6 is 24.4 Å². The second-order valence-electron chi connectivity index (χ2n) is 8.88. The SMILES string of the molecule is CSCC[C@H](NC(=O)c1cc(NC[C@@H]2C[C@H](S)CN2)ccc1CCc1ccc(C)cc1)C(=O)O. The Bertz CT molecular complexity index is 968. The molecular formula is C26H35N3O3S2. The van der Waals surface area contributed by atoms with Gasteiger partial charge in [0.1, 0.15) is 6.04 Å². The molecule has 1 fully saturated rings. The maximum absolute atomic E-state index is 13.2. The Morgan fingerprint density at radius 1 is 1.21 bits per heavy atom. The molecule has 1 aliphatic heterocycles. The second-order valence-corrected chi connectivity index (χ2v) is 10.6. The smallest absolute Gasteiger partial charge is 0.326 e. The van der Waals surface area contributed by atoms with Crippen LogP contribution < -0.4 is 16.0 Å². The maximum atomic E-state index is 13.2. The van der Waals surface area contributed by atoms with Crippen LogP contribution in [0.15, 0.2) is 42.5 Å². The maximum Gasteiger partial charge on any atom is 0.326 e. The lowest BCUT2D eigenvalue weighted by atomic mass is 9.97. The number of carboxylic acid groups (broad SMARTS) is 1. The molecule has 3 rings (SSSR count). The van der Waals surface area contributed by atoms with Crippen molar-refractivity contribution >= 4 is 42.0 Å². The fourth-order valence-corrected chi connectivity index (χ4v) is 4.90. The minimum absolute atomic E-state index is 0.337. The molecule has 0 aliphatic carbocycles. The summed E-state index contributed by atoms with van der Waals surface area (Å²) in [4.78, 5) is 24.9. The number of hydrogen-bond donors (Lipinski definition) is 5. The fourth-order valence-electron chi connectivity index (χ4n) is 4.07. The molecule has 2 aromatic carbocycles. The van der Waals surface area contributed by atoms with E-state index < -0.39 is 12.0 Å². The fraction of sp³-hybridized carbons (Fsp3) is 0.462. The summed E-state index contributed by atoms with van der Waals surface area (Å²) >= 11 is 6.09. The van der Waals surface area contributed by atoms with E-state index in [1.54, 1.807) is 11.8 Å². The van der Waals surface area contributed by atoms with Crippen molar-refractivity contribution in [2.45, 2.75) is 49.9 Å². The van der Waals surface area contributed by atoms with Gasteiger partial charge in [0.05, 0.1) is 0 Å². The molecule has 8 heteroatoms. The van der Waals surface area contributed by atoms with Crippen LogP contribution in [0, 0.1) is 6.92 Å². The Balaban J connectivity index is 1.76. The van der Waals surface area contributed by atoms with Gasteiger partial charge in [-0.25, -0.2) is 4.79 Å². The van der Waals surface area contributed by atoms with Crippen molar-refractivity contribution in [1.82, 2.24) is 10.6 Å². The van der Waals surface area contributed by atoms with Crippen LogP contribution in [0.4, 0.5) is 5.69 Å². The molecule has 0 aromatic heterocycles. The molecule has 34 heavy (non-hydrogen) atoms. The lowest BCUT2D eigenvalue weighted by Gasteiger charge is -2.18. The first-order chi connectivity index (χ1) is 16.4.